The molecule has 3 heteroatoms. The quantitative estimate of drug-likeness (QED) is 0.498. The van der Waals surface area contributed by atoms with Gasteiger partial charge in [-0.1, -0.05) is 79.4 Å². The Morgan fingerprint density at radius 1 is 1.08 bits per heavy atom. The fraction of sp³-hybridized carbons (Fsp3) is 0.619. The van der Waals surface area contributed by atoms with Crippen LogP contribution in [0.25, 0.3) is 0 Å². The number of rotatable bonds is 2. The third-order valence-corrected chi connectivity index (χ3v) is 3.65. The van der Waals surface area contributed by atoms with E-state index >= 15 is 0 Å². The highest BCUT2D eigenvalue weighted by Gasteiger charge is 2.26. The minimum absolute atomic E-state index is 0. The minimum atomic E-state index is -0.282. The lowest BCUT2D eigenvalue weighted by Crippen LogP contribution is -2.22. The fourth-order valence-electron chi connectivity index (χ4n) is 2.51. The number of allylic oxidation sites excluding steroid dienone is 1. The molecule has 1 heterocycles. The topological polar surface area (TPSA) is 46.2 Å². The van der Waals surface area contributed by atoms with Crippen LogP contribution in [0.4, 0.5) is 0 Å². The highest BCUT2D eigenvalue weighted by molar-refractivity contribution is 6.20. The lowest BCUT2D eigenvalue weighted by Gasteiger charge is -2.15. The SMILES string of the molecule is C.C/C=C\C1=C(CC)C(=O)NC1=O.C=C.CC.CC1CCCCC1. The number of carbonyl (C=O) groups is 2. The molecule has 1 saturated carbocycles. The van der Waals surface area contributed by atoms with Gasteiger partial charge >= 0.3 is 0 Å². The molecule has 1 aliphatic carbocycles. The number of hydrogen-bond donors (Lipinski definition) is 1. The van der Waals surface area contributed by atoms with Crippen molar-refractivity contribution in [1.29, 1.82) is 0 Å². The van der Waals surface area contributed by atoms with Crippen molar-refractivity contribution < 1.29 is 9.59 Å². The van der Waals surface area contributed by atoms with Gasteiger partial charge in [-0.05, 0) is 19.3 Å². The molecule has 2 aliphatic rings. The van der Waals surface area contributed by atoms with Gasteiger partial charge in [0.25, 0.3) is 11.8 Å². The predicted molar refractivity (Wildman–Crippen MR) is 107 cm³/mol. The van der Waals surface area contributed by atoms with Gasteiger partial charge in [0.1, 0.15) is 0 Å². The predicted octanol–water partition coefficient (Wildman–Crippen LogP) is 5.98. The van der Waals surface area contributed by atoms with Crippen LogP contribution in [0, 0.1) is 5.92 Å². The lowest BCUT2D eigenvalue weighted by molar-refractivity contribution is -0.124. The molecular formula is C21H39NO2. The summed E-state index contributed by atoms with van der Waals surface area (Å²) in [6, 6.07) is 0. The number of nitrogens with one attached hydrogen (secondary N) is 1. The third-order valence-electron chi connectivity index (χ3n) is 3.65. The summed E-state index contributed by atoms with van der Waals surface area (Å²) in [6.07, 6.45) is 11.5. The van der Waals surface area contributed by atoms with Gasteiger partial charge in [-0.25, -0.2) is 0 Å². The Labute approximate surface area is 150 Å². The van der Waals surface area contributed by atoms with Crippen molar-refractivity contribution in [2.45, 2.75) is 80.6 Å². The zero-order valence-electron chi connectivity index (χ0n) is 15.7. The molecule has 0 radical (unpaired) electrons. The van der Waals surface area contributed by atoms with Crippen LogP contribution in [0.5, 0.6) is 0 Å². The number of amides is 2. The normalized spacial score (nSPS) is 16.7. The molecule has 0 bridgehead atoms. The summed E-state index contributed by atoms with van der Waals surface area (Å²) in [4.78, 5) is 22.2. The molecule has 2 rings (SSSR count). The second-order valence-corrected chi connectivity index (χ2v) is 5.27. The lowest BCUT2D eigenvalue weighted by atomic mass is 9.91. The van der Waals surface area contributed by atoms with E-state index in [0.717, 1.165) is 5.92 Å². The van der Waals surface area contributed by atoms with E-state index in [1.807, 2.05) is 27.7 Å². The first kappa shape index (κ1) is 27.2. The van der Waals surface area contributed by atoms with Crippen LogP contribution in [-0.2, 0) is 9.59 Å². The molecule has 1 N–H and O–H groups in total. The first-order valence-corrected chi connectivity index (χ1v) is 8.81. The van der Waals surface area contributed by atoms with Crippen molar-refractivity contribution in [1.82, 2.24) is 5.32 Å². The number of carbonyl (C=O) groups excluding carboxylic acids is 2. The smallest absolute Gasteiger partial charge is 0.258 e. The van der Waals surface area contributed by atoms with Crippen LogP contribution in [0.2, 0.25) is 0 Å². The van der Waals surface area contributed by atoms with Crippen LogP contribution in [0.3, 0.4) is 0 Å². The van der Waals surface area contributed by atoms with E-state index < -0.39 is 0 Å². The molecule has 0 saturated heterocycles. The van der Waals surface area contributed by atoms with E-state index in [0.29, 0.717) is 17.6 Å². The zero-order chi connectivity index (χ0) is 18.3. The molecule has 0 unspecified atom stereocenters. The monoisotopic (exact) mass is 337 g/mol. The summed E-state index contributed by atoms with van der Waals surface area (Å²) >= 11 is 0. The largest absolute Gasteiger partial charge is 0.288 e. The van der Waals surface area contributed by atoms with Crippen LogP contribution in [-0.4, -0.2) is 11.8 Å². The van der Waals surface area contributed by atoms with E-state index in [9.17, 15) is 9.59 Å². The molecule has 1 fully saturated rings. The maximum atomic E-state index is 11.1. The molecule has 3 nitrogen and oxygen atoms in total. The first-order valence-electron chi connectivity index (χ1n) is 8.81. The van der Waals surface area contributed by atoms with E-state index in [1.54, 1.807) is 12.2 Å². The first-order chi connectivity index (χ1) is 11.1. The van der Waals surface area contributed by atoms with Crippen molar-refractivity contribution in [3.8, 4) is 0 Å². The van der Waals surface area contributed by atoms with Gasteiger partial charge in [0, 0.05) is 11.1 Å². The third kappa shape index (κ3) is 10.2. The van der Waals surface area contributed by atoms with Crippen LogP contribution >= 0.6 is 0 Å². The van der Waals surface area contributed by atoms with E-state index in [-0.39, 0.29) is 19.2 Å². The Morgan fingerprint density at radius 3 is 1.92 bits per heavy atom. The average molecular weight is 338 g/mol. The van der Waals surface area contributed by atoms with Gasteiger partial charge in [-0.2, -0.15) is 0 Å². The average Bonchev–Trinajstić information content (AvgIpc) is 2.86. The van der Waals surface area contributed by atoms with E-state index in [1.165, 1.54) is 32.1 Å². The molecule has 0 aromatic heterocycles. The Hall–Kier alpha value is -1.64. The highest BCUT2D eigenvalue weighted by atomic mass is 16.2. The van der Waals surface area contributed by atoms with Crippen molar-refractivity contribution in [3.05, 3.63) is 36.5 Å². The van der Waals surface area contributed by atoms with Crippen molar-refractivity contribution >= 4 is 11.8 Å². The van der Waals surface area contributed by atoms with Gasteiger partial charge < -0.3 is 0 Å². The van der Waals surface area contributed by atoms with E-state index in [4.69, 9.17) is 0 Å². The Morgan fingerprint density at radius 2 is 1.58 bits per heavy atom. The summed E-state index contributed by atoms with van der Waals surface area (Å²) in [5.41, 5.74) is 1.09. The van der Waals surface area contributed by atoms with Crippen LogP contribution in [0.1, 0.15) is 80.6 Å². The maximum Gasteiger partial charge on any atom is 0.258 e. The summed E-state index contributed by atoms with van der Waals surface area (Å²) in [6.45, 7) is 16.0. The Balaban J connectivity index is -0.000000316. The van der Waals surface area contributed by atoms with Gasteiger partial charge in [0.15, 0.2) is 0 Å². The molecule has 140 valence electrons. The molecule has 0 spiro atoms. The molecule has 24 heavy (non-hydrogen) atoms. The second kappa shape index (κ2) is 17.7. The summed E-state index contributed by atoms with van der Waals surface area (Å²) in [5, 5.41) is 2.25. The van der Waals surface area contributed by atoms with Gasteiger partial charge in [-0.3, -0.25) is 14.9 Å². The second-order valence-electron chi connectivity index (χ2n) is 5.27. The Bertz CT molecular complexity index is 402. The molecular weight excluding hydrogens is 298 g/mol. The standard InChI is InChI=1S/C9H11NO2.C7H14.C2H6.C2H4.CH4/c1-3-5-7-6(4-2)8(11)10-9(7)12;1-7-5-3-2-4-6-7;2*1-2;/h3,5H,4H2,1-2H3,(H,10,11,12);7H,2-6H2,1H3;1-2H3;1-2H2;1H4/b5-3-;;;;. The van der Waals surface area contributed by atoms with Crippen LogP contribution in [0.15, 0.2) is 36.5 Å². The van der Waals surface area contributed by atoms with Gasteiger partial charge in [-0.15, -0.1) is 13.2 Å². The van der Waals surface area contributed by atoms with Gasteiger partial charge in [0.2, 0.25) is 0 Å². The van der Waals surface area contributed by atoms with E-state index in [2.05, 4.69) is 25.4 Å². The summed E-state index contributed by atoms with van der Waals surface area (Å²) < 4.78 is 0. The summed E-state index contributed by atoms with van der Waals surface area (Å²) in [7, 11) is 0. The van der Waals surface area contributed by atoms with Crippen molar-refractivity contribution in [2.24, 2.45) is 5.92 Å². The van der Waals surface area contributed by atoms with Crippen molar-refractivity contribution in [3.63, 3.8) is 0 Å². The van der Waals surface area contributed by atoms with Crippen LogP contribution < -0.4 is 5.32 Å². The maximum absolute atomic E-state index is 11.1. The molecule has 2 amide bonds. The minimum Gasteiger partial charge on any atom is -0.288 e. The molecule has 1 aliphatic heterocycles. The summed E-state index contributed by atoms with van der Waals surface area (Å²) in [5.74, 6) is 0.499. The fourth-order valence-corrected chi connectivity index (χ4v) is 2.51. The molecule has 0 aromatic carbocycles. The number of imide groups is 1. The van der Waals surface area contributed by atoms with Crippen molar-refractivity contribution in [2.75, 3.05) is 0 Å². The zero-order valence-corrected chi connectivity index (χ0v) is 15.7. The molecule has 0 atom stereocenters. The number of hydrogen-bond acceptors (Lipinski definition) is 2. The van der Waals surface area contributed by atoms with Gasteiger partial charge in [0.05, 0.1) is 0 Å². The Kier molecular flexibility index (Phi) is 20.1. The molecule has 0 aromatic rings. The highest BCUT2D eigenvalue weighted by Crippen LogP contribution is 2.22.